The molecule has 3 amide bonds. The first kappa shape index (κ1) is 21.6. The third-order valence-corrected chi connectivity index (χ3v) is 5.54. The van der Waals surface area contributed by atoms with Crippen LogP contribution < -0.4 is 22.3 Å². The van der Waals surface area contributed by atoms with E-state index in [0.29, 0.717) is 25.6 Å². The van der Waals surface area contributed by atoms with E-state index in [-0.39, 0.29) is 24.5 Å². The zero-order chi connectivity index (χ0) is 21.9. The smallest absolute Gasteiger partial charge is 0.318 e. The van der Waals surface area contributed by atoms with Crippen LogP contribution in [0.1, 0.15) is 26.3 Å². The van der Waals surface area contributed by atoms with Gasteiger partial charge in [-0.05, 0) is 25.0 Å². The first-order valence-corrected chi connectivity index (χ1v) is 9.89. The lowest BCUT2D eigenvalue weighted by atomic mass is 9.93. The molecule has 2 heterocycles. The molecular formula is C20H30N8O2. The molecule has 162 valence electrons. The van der Waals surface area contributed by atoms with Crippen LogP contribution >= 0.6 is 0 Å². The molecule has 2 aliphatic rings. The topological polar surface area (TPSA) is 132 Å². The number of aliphatic imine (C=N–C) groups is 1. The molecule has 0 spiro atoms. The summed E-state index contributed by atoms with van der Waals surface area (Å²) < 4.78 is 0. The second kappa shape index (κ2) is 8.72. The molecule has 0 aliphatic carbocycles. The number of rotatable bonds is 5. The summed E-state index contributed by atoms with van der Waals surface area (Å²) in [5.41, 5.74) is 1.57. The predicted molar refractivity (Wildman–Crippen MR) is 114 cm³/mol. The molecular weight excluding hydrogens is 384 g/mol. The number of benzene rings is 1. The van der Waals surface area contributed by atoms with Gasteiger partial charge in [-0.25, -0.2) is 21.5 Å². The van der Waals surface area contributed by atoms with Crippen molar-refractivity contribution in [3.8, 4) is 0 Å². The van der Waals surface area contributed by atoms with Crippen LogP contribution in [0.2, 0.25) is 0 Å². The highest BCUT2D eigenvalue weighted by molar-refractivity contribution is 5.83. The van der Waals surface area contributed by atoms with E-state index in [2.05, 4.69) is 15.6 Å². The van der Waals surface area contributed by atoms with E-state index in [9.17, 15) is 9.59 Å². The van der Waals surface area contributed by atoms with Crippen molar-refractivity contribution in [1.29, 1.82) is 0 Å². The lowest BCUT2D eigenvalue weighted by Gasteiger charge is -2.33. The fourth-order valence-electron chi connectivity index (χ4n) is 3.63. The molecule has 1 aromatic rings. The molecule has 3 rings (SSSR count). The number of urea groups is 1. The Kier molecular flexibility index (Phi) is 6.28. The Morgan fingerprint density at radius 2 is 1.97 bits per heavy atom. The third kappa shape index (κ3) is 4.55. The van der Waals surface area contributed by atoms with Crippen molar-refractivity contribution in [2.75, 3.05) is 19.6 Å². The molecule has 0 aromatic heterocycles. The number of hydrazine groups is 2. The first-order chi connectivity index (χ1) is 14.2. The maximum atomic E-state index is 12.9. The van der Waals surface area contributed by atoms with E-state index in [1.807, 2.05) is 44.2 Å². The molecule has 1 atom stereocenters. The Labute approximate surface area is 176 Å². The number of nitrogens with zero attached hydrogens (tertiary/aromatic N) is 4. The van der Waals surface area contributed by atoms with E-state index >= 15 is 0 Å². The van der Waals surface area contributed by atoms with Crippen LogP contribution in [0.5, 0.6) is 0 Å². The monoisotopic (exact) mass is 414 g/mol. The molecule has 1 aromatic carbocycles. The van der Waals surface area contributed by atoms with E-state index in [1.54, 1.807) is 11.1 Å². The number of carbonyl (C=O) groups is 2. The van der Waals surface area contributed by atoms with E-state index in [4.69, 9.17) is 11.7 Å². The highest BCUT2D eigenvalue weighted by Gasteiger charge is 2.47. The summed E-state index contributed by atoms with van der Waals surface area (Å²) in [6.07, 6.45) is 1.77. The standard InChI is InChI=1S/C20H30N8O2/c1-14(29)27(21)9-10-28(22)18-23-12-16-17(25-18)13-26(20(16,2)3)19(30)24-11-15-7-5-4-6-8-15/h4-8,12,17H,9-11,13,21-22H2,1-3H3,(H,23,25)(H,24,30). The fourth-order valence-corrected chi connectivity index (χ4v) is 3.63. The summed E-state index contributed by atoms with van der Waals surface area (Å²) in [5, 5.41) is 8.81. The highest BCUT2D eigenvalue weighted by atomic mass is 16.2. The summed E-state index contributed by atoms with van der Waals surface area (Å²) in [4.78, 5) is 30.3. The number of hydrogen-bond donors (Lipinski definition) is 4. The van der Waals surface area contributed by atoms with Crippen molar-refractivity contribution < 1.29 is 9.59 Å². The number of nitrogens with two attached hydrogens (primary N) is 2. The van der Waals surface area contributed by atoms with Crippen LogP contribution in [0, 0.1) is 0 Å². The van der Waals surface area contributed by atoms with Gasteiger partial charge in [-0.1, -0.05) is 30.3 Å². The number of carbonyl (C=O) groups excluding carboxylic acids is 2. The quantitative estimate of drug-likeness (QED) is 0.307. The summed E-state index contributed by atoms with van der Waals surface area (Å²) in [5.74, 6) is 11.9. The van der Waals surface area contributed by atoms with Gasteiger partial charge in [0.1, 0.15) is 0 Å². The normalized spacial score (nSPS) is 19.2. The molecule has 1 fully saturated rings. The molecule has 0 radical (unpaired) electrons. The number of fused-ring (bicyclic) bond motifs is 1. The van der Waals surface area contributed by atoms with E-state index < -0.39 is 5.54 Å². The Balaban J connectivity index is 1.61. The average molecular weight is 415 g/mol. The predicted octanol–water partition coefficient (Wildman–Crippen LogP) is 0.100. The molecule has 2 aliphatic heterocycles. The van der Waals surface area contributed by atoms with Gasteiger partial charge < -0.3 is 15.5 Å². The molecule has 10 heteroatoms. The van der Waals surface area contributed by atoms with Crippen molar-refractivity contribution in [3.05, 3.63) is 47.7 Å². The average Bonchev–Trinajstić information content (AvgIpc) is 3.00. The zero-order valence-corrected chi connectivity index (χ0v) is 17.6. The Bertz CT molecular complexity index is 852. The molecule has 1 saturated heterocycles. The minimum atomic E-state index is -0.490. The maximum Gasteiger partial charge on any atom is 0.318 e. The minimum Gasteiger partial charge on any atom is -0.346 e. The van der Waals surface area contributed by atoms with Crippen LogP contribution in [-0.4, -0.2) is 64.0 Å². The summed E-state index contributed by atoms with van der Waals surface area (Å²) in [7, 11) is 0. The zero-order valence-electron chi connectivity index (χ0n) is 17.6. The number of hydrogen-bond acceptors (Lipinski definition) is 7. The third-order valence-electron chi connectivity index (χ3n) is 5.54. The van der Waals surface area contributed by atoms with Gasteiger partial charge in [-0.15, -0.1) is 0 Å². The van der Waals surface area contributed by atoms with Crippen LogP contribution in [0.3, 0.4) is 0 Å². The fraction of sp³-hybridized carbons (Fsp3) is 0.450. The van der Waals surface area contributed by atoms with Crippen LogP contribution in [0.25, 0.3) is 0 Å². The van der Waals surface area contributed by atoms with Crippen molar-refractivity contribution in [2.24, 2.45) is 16.7 Å². The van der Waals surface area contributed by atoms with Gasteiger partial charge in [0.2, 0.25) is 11.9 Å². The number of amides is 3. The highest BCUT2D eigenvalue weighted by Crippen LogP contribution is 2.35. The number of guanidine groups is 1. The number of nitrogens with one attached hydrogen (secondary N) is 2. The second-order valence-corrected chi connectivity index (χ2v) is 7.95. The van der Waals surface area contributed by atoms with Gasteiger partial charge in [0, 0.05) is 26.2 Å². The van der Waals surface area contributed by atoms with Crippen molar-refractivity contribution in [2.45, 2.75) is 38.9 Å². The summed E-state index contributed by atoms with van der Waals surface area (Å²) >= 11 is 0. The van der Waals surface area contributed by atoms with Crippen molar-refractivity contribution in [3.63, 3.8) is 0 Å². The lowest BCUT2D eigenvalue weighted by molar-refractivity contribution is -0.129. The maximum absolute atomic E-state index is 12.9. The molecule has 0 bridgehead atoms. The van der Waals surface area contributed by atoms with E-state index in [0.717, 1.165) is 16.1 Å². The van der Waals surface area contributed by atoms with Crippen molar-refractivity contribution >= 4 is 17.9 Å². The second-order valence-electron chi connectivity index (χ2n) is 7.95. The van der Waals surface area contributed by atoms with Crippen LogP contribution in [0.15, 0.2) is 47.1 Å². The summed E-state index contributed by atoms with van der Waals surface area (Å²) in [6, 6.07) is 9.56. The molecule has 6 N–H and O–H groups in total. The molecule has 30 heavy (non-hydrogen) atoms. The van der Waals surface area contributed by atoms with E-state index in [1.165, 1.54) is 11.9 Å². The molecule has 0 saturated carbocycles. The van der Waals surface area contributed by atoms with Crippen molar-refractivity contribution in [1.82, 2.24) is 25.6 Å². The first-order valence-electron chi connectivity index (χ1n) is 9.89. The Morgan fingerprint density at radius 1 is 1.27 bits per heavy atom. The van der Waals surface area contributed by atoms with Gasteiger partial charge in [0.25, 0.3) is 0 Å². The Hall–Kier alpha value is -3.11. The Morgan fingerprint density at radius 3 is 2.63 bits per heavy atom. The van der Waals surface area contributed by atoms with Gasteiger partial charge in [-0.3, -0.25) is 14.8 Å². The molecule has 10 nitrogen and oxygen atoms in total. The largest absolute Gasteiger partial charge is 0.346 e. The van der Waals surface area contributed by atoms with Gasteiger partial charge in [0.05, 0.1) is 24.7 Å². The summed E-state index contributed by atoms with van der Waals surface area (Å²) in [6.45, 7) is 6.95. The number of likely N-dealkylation sites (tertiary alicyclic amines) is 1. The molecule has 1 unspecified atom stereocenters. The van der Waals surface area contributed by atoms with Crippen LogP contribution in [-0.2, 0) is 11.3 Å². The SMILES string of the molecule is CC(=O)N(N)CCN(N)C1=NC=C2C(CN(C(=O)NCc3ccccc3)C2(C)C)N1. The van der Waals surface area contributed by atoms with Gasteiger partial charge >= 0.3 is 6.03 Å². The van der Waals surface area contributed by atoms with Gasteiger partial charge in [-0.2, -0.15) is 0 Å². The minimum absolute atomic E-state index is 0.0946. The lowest BCUT2D eigenvalue weighted by Crippen LogP contribution is -2.54. The van der Waals surface area contributed by atoms with Crippen LogP contribution in [0.4, 0.5) is 4.79 Å². The van der Waals surface area contributed by atoms with Gasteiger partial charge in [0.15, 0.2) is 0 Å².